The van der Waals surface area contributed by atoms with Gasteiger partial charge in [-0.3, -0.25) is 14.7 Å². The molecule has 3 aromatic heterocycles. The lowest BCUT2D eigenvalue weighted by atomic mass is 10.0. The van der Waals surface area contributed by atoms with E-state index in [1.165, 1.54) is 6.07 Å². The fourth-order valence-corrected chi connectivity index (χ4v) is 4.20. The lowest BCUT2D eigenvalue weighted by Gasteiger charge is -2.10. The fourth-order valence-electron chi connectivity index (χ4n) is 4.03. The van der Waals surface area contributed by atoms with Crippen molar-refractivity contribution in [1.82, 2.24) is 25.1 Å². The first-order chi connectivity index (χ1) is 17.5. The summed E-state index contributed by atoms with van der Waals surface area (Å²) in [6.07, 6.45) is 2.23. The molecule has 0 spiro atoms. The minimum Gasteiger partial charge on any atom is -0.383 e. The van der Waals surface area contributed by atoms with Crippen molar-refractivity contribution in [3.05, 3.63) is 122 Å². The Balaban J connectivity index is 1.26. The number of hydrogen-bond donors (Lipinski definition) is 3. The van der Waals surface area contributed by atoms with Crippen LogP contribution in [0.2, 0.25) is 5.02 Å². The molecule has 0 saturated carbocycles. The number of pyridine rings is 2. The maximum absolute atomic E-state index is 12.8. The molecule has 0 atom stereocenters. The van der Waals surface area contributed by atoms with Crippen LogP contribution in [-0.4, -0.2) is 25.7 Å². The van der Waals surface area contributed by atoms with E-state index in [1.54, 1.807) is 35.0 Å². The summed E-state index contributed by atoms with van der Waals surface area (Å²) >= 11 is 6.10. The van der Waals surface area contributed by atoms with Crippen LogP contribution in [0.25, 0.3) is 10.9 Å². The van der Waals surface area contributed by atoms with E-state index in [4.69, 9.17) is 17.3 Å². The van der Waals surface area contributed by atoms with Crippen molar-refractivity contribution in [3.63, 3.8) is 0 Å². The van der Waals surface area contributed by atoms with E-state index in [1.807, 2.05) is 42.5 Å². The predicted octanol–water partition coefficient (Wildman–Crippen LogP) is 3.92. The second-order valence-corrected chi connectivity index (χ2v) is 8.87. The van der Waals surface area contributed by atoms with Gasteiger partial charge in [-0.1, -0.05) is 35.9 Å². The normalized spacial score (nSPS) is 11.0. The highest BCUT2D eigenvalue weighted by molar-refractivity contribution is 6.31. The summed E-state index contributed by atoms with van der Waals surface area (Å²) in [5.74, 6) is 0.176. The Bertz CT molecular complexity index is 1620. The molecule has 8 nitrogen and oxygen atoms in total. The molecule has 5 aromatic rings. The van der Waals surface area contributed by atoms with Crippen LogP contribution in [0, 0.1) is 0 Å². The van der Waals surface area contributed by atoms with Crippen molar-refractivity contribution < 1.29 is 4.79 Å². The number of rotatable bonds is 7. The standard InChI is InChI=1S/C27H23ClN6O2/c28-20-8-10-23-22(14-20)24(33-32-23)15-30-27(36)18-5-3-4-17(12-18)13-21-9-7-19(26(29)31-21)16-34-11-2-1-6-25(34)35/h1-12,14H,13,15-16H2,(H2,29,31)(H,30,36)(H,32,33). The Morgan fingerprint density at radius 2 is 1.94 bits per heavy atom. The number of aromatic amines is 1. The zero-order valence-corrected chi connectivity index (χ0v) is 20.0. The Labute approximate surface area is 211 Å². The SMILES string of the molecule is Nc1nc(Cc2cccc(C(=O)NCc3n[nH]c4ccc(Cl)cc34)c2)ccc1Cn1ccccc1=O. The molecule has 4 N–H and O–H groups in total. The van der Waals surface area contributed by atoms with Gasteiger partial charge in [0.2, 0.25) is 0 Å². The maximum atomic E-state index is 12.8. The molecule has 5 rings (SSSR count). The molecule has 0 saturated heterocycles. The van der Waals surface area contributed by atoms with Crippen molar-refractivity contribution in [2.24, 2.45) is 0 Å². The Morgan fingerprint density at radius 1 is 1.06 bits per heavy atom. The summed E-state index contributed by atoms with van der Waals surface area (Å²) in [7, 11) is 0. The zero-order chi connectivity index (χ0) is 25.1. The zero-order valence-electron chi connectivity index (χ0n) is 19.2. The summed E-state index contributed by atoms with van der Waals surface area (Å²) in [6.45, 7) is 0.624. The number of carbonyl (C=O) groups excluding carboxylic acids is 1. The van der Waals surface area contributed by atoms with Gasteiger partial charge >= 0.3 is 0 Å². The van der Waals surface area contributed by atoms with E-state index in [9.17, 15) is 9.59 Å². The van der Waals surface area contributed by atoms with Gasteiger partial charge in [-0.15, -0.1) is 0 Å². The first kappa shape index (κ1) is 23.3. The van der Waals surface area contributed by atoms with Crippen LogP contribution in [0.5, 0.6) is 0 Å². The summed E-state index contributed by atoms with van der Waals surface area (Å²) in [4.78, 5) is 29.3. The minimum atomic E-state index is -0.203. The summed E-state index contributed by atoms with van der Waals surface area (Å²) in [5.41, 5.74) is 10.7. The number of nitrogens with two attached hydrogens (primary N) is 1. The predicted molar refractivity (Wildman–Crippen MR) is 140 cm³/mol. The second-order valence-electron chi connectivity index (χ2n) is 8.43. The van der Waals surface area contributed by atoms with E-state index in [2.05, 4.69) is 20.5 Å². The van der Waals surface area contributed by atoms with Gasteiger partial charge in [0.1, 0.15) is 5.82 Å². The molecular formula is C27H23ClN6O2. The molecule has 0 unspecified atom stereocenters. The van der Waals surface area contributed by atoms with Crippen molar-refractivity contribution >= 4 is 34.2 Å². The number of nitrogens with one attached hydrogen (secondary N) is 2. The first-order valence-corrected chi connectivity index (χ1v) is 11.7. The molecule has 9 heteroatoms. The average Bonchev–Trinajstić information content (AvgIpc) is 3.27. The van der Waals surface area contributed by atoms with Crippen LogP contribution in [0.3, 0.4) is 0 Å². The van der Waals surface area contributed by atoms with Gasteiger partial charge in [0.05, 0.1) is 24.3 Å². The van der Waals surface area contributed by atoms with Crippen LogP contribution < -0.4 is 16.6 Å². The molecule has 36 heavy (non-hydrogen) atoms. The van der Waals surface area contributed by atoms with Crippen molar-refractivity contribution in [1.29, 1.82) is 0 Å². The van der Waals surface area contributed by atoms with Gasteiger partial charge in [-0.05, 0) is 48.0 Å². The highest BCUT2D eigenvalue weighted by atomic mass is 35.5. The number of benzene rings is 2. The quantitative estimate of drug-likeness (QED) is 0.314. The molecule has 180 valence electrons. The van der Waals surface area contributed by atoms with E-state index in [0.717, 1.165) is 33.4 Å². The van der Waals surface area contributed by atoms with Gasteiger partial charge in [0.25, 0.3) is 11.5 Å². The number of H-pyrrole nitrogens is 1. The van der Waals surface area contributed by atoms with Crippen LogP contribution >= 0.6 is 11.6 Å². The van der Waals surface area contributed by atoms with Crippen molar-refractivity contribution in [2.45, 2.75) is 19.5 Å². The Morgan fingerprint density at radius 3 is 2.78 bits per heavy atom. The number of carbonyl (C=O) groups is 1. The lowest BCUT2D eigenvalue weighted by molar-refractivity contribution is 0.0950. The third kappa shape index (κ3) is 5.13. The number of aromatic nitrogens is 4. The number of nitrogens with zero attached hydrogens (tertiary/aromatic N) is 3. The largest absolute Gasteiger partial charge is 0.383 e. The van der Waals surface area contributed by atoms with E-state index >= 15 is 0 Å². The van der Waals surface area contributed by atoms with Crippen molar-refractivity contribution in [3.8, 4) is 0 Å². The Hall–Kier alpha value is -4.43. The van der Waals surface area contributed by atoms with E-state index in [-0.39, 0.29) is 18.0 Å². The van der Waals surface area contributed by atoms with Crippen LogP contribution in [0.4, 0.5) is 5.82 Å². The lowest BCUT2D eigenvalue weighted by Crippen LogP contribution is -2.23. The third-order valence-electron chi connectivity index (χ3n) is 5.90. The van der Waals surface area contributed by atoms with Gasteiger partial charge < -0.3 is 15.6 Å². The highest BCUT2D eigenvalue weighted by Crippen LogP contribution is 2.21. The third-order valence-corrected chi connectivity index (χ3v) is 6.14. The molecule has 2 aromatic carbocycles. The smallest absolute Gasteiger partial charge is 0.251 e. The number of amides is 1. The molecule has 0 fully saturated rings. The number of nitrogen functional groups attached to an aromatic ring is 1. The number of halogens is 1. The summed E-state index contributed by atoms with van der Waals surface area (Å²) in [5, 5.41) is 11.6. The fraction of sp³-hybridized carbons (Fsp3) is 0.111. The first-order valence-electron chi connectivity index (χ1n) is 11.4. The van der Waals surface area contributed by atoms with Crippen LogP contribution in [0.1, 0.15) is 32.9 Å². The second kappa shape index (κ2) is 10.1. The maximum Gasteiger partial charge on any atom is 0.251 e. The van der Waals surface area contributed by atoms with Crippen molar-refractivity contribution in [2.75, 3.05) is 5.73 Å². The van der Waals surface area contributed by atoms with Gasteiger partial charge in [-0.2, -0.15) is 5.10 Å². The topological polar surface area (TPSA) is 119 Å². The minimum absolute atomic E-state index is 0.0969. The van der Waals surface area contributed by atoms with Crippen LogP contribution in [0.15, 0.2) is 83.8 Å². The molecule has 0 aliphatic heterocycles. The molecule has 0 radical (unpaired) electrons. The van der Waals surface area contributed by atoms with Crippen LogP contribution in [-0.2, 0) is 19.5 Å². The van der Waals surface area contributed by atoms with E-state index in [0.29, 0.717) is 29.4 Å². The summed E-state index contributed by atoms with van der Waals surface area (Å²) in [6, 6.07) is 21.6. The Kier molecular flexibility index (Phi) is 6.51. The average molecular weight is 499 g/mol. The van der Waals surface area contributed by atoms with Gasteiger partial charge in [0, 0.05) is 45.9 Å². The number of hydrogen-bond acceptors (Lipinski definition) is 5. The molecular weight excluding hydrogens is 476 g/mol. The highest BCUT2D eigenvalue weighted by Gasteiger charge is 2.11. The molecule has 1 amide bonds. The molecule has 0 aliphatic carbocycles. The number of anilines is 1. The number of fused-ring (bicyclic) bond motifs is 1. The van der Waals surface area contributed by atoms with Gasteiger partial charge in [-0.25, -0.2) is 4.98 Å². The monoisotopic (exact) mass is 498 g/mol. The summed E-state index contributed by atoms with van der Waals surface area (Å²) < 4.78 is 1.58. The van der Waals surface area contributed by atoms with Gasteiger partial charge in [0.15, 0.2) is 0 Å². The van der Waals surface area contributed by atoms with E-state index < -0.39 is 0 Å². The molecule has 0 bridgehead atoms. The molecule has 3 heterocycles. The molecule has 0 aliphatic rings.